The minimum atomic E-state index is -0.368. The van der Waals surface area contributed by atoms with Crippen LogP contribution in [0.15, 0.2) is 16.6 Å². The third-order valence-corrected chi connectivity index (χ3v) is 3.76. The quantitative estimate of drug-likeness (QED) is 0.881. The Bertz CT molecular complexity index is 459. The molecule has 18 heavy (non-hydrogen) atoms. The highest BCUT2D eigenvalue weighted by molar-refractivity contribution is 9.10. The van der Waals surface area contributed by atoms with Crippen molar-refractivity contribution in [3.63, 3.8) is 0 Å². The van der Waals surface area contributed by atoms with Gasteiger partial charge in [0.2, 0.25) is 5.91 Å². The maximum absolute atomic E-state index is 13.4. The summed E-state index contributed by atoms with van der Waals surface area (Å²) in [7, 11) is 0. The molecule has 2 N–H and O–H groups in total. The van der Waals surface area contributed by atoms with Crippen molar-refractivity contribution in [3.8, 4) is 0 Å². The van der Waals surface area contributed by atoms with Crippen molar-refractivity contribution in [3.05, 3.63) is 28.0 Å². The van der Waals surface area contributed by atoms with Gasteiger partial charge in [-0.1, -0.05) is 6.42 Å². The molecule has 0 aromatic heterocycles. The summed E-state index contributed by atoms with van der Waals surface area (Å²) in [6, 6.07) is 2.85. The Morgan fingerprint density at radius 2 is 2.28 bits per heavy atom. The first-order valence-electron chi connectivity index (χ1n) is 6.08. The van der Waals surface area contributed by atoms with Gasteiger partial charge in [-0.2, -0.15) is 0 Å². The lowest BCUT2D eigenvalue weighted by Gasteiger charge is -2.23. The van der Waals surface area contributed by atoms with Crippen LogP contribution in [0.3, 0.4) is 0 Å². The summed E-state index contributed by atoms with van der Waals surface area (Å²) in [5.74, 6) is -0.452. The van der Waals surface area contributed by atoms with E-state index in [4.69, 9.17) is 0 Å². The normalized spacial score (nSPS) is 19.6. The Hall–Kier alpha value is -0.940. The maximum Gasteiger partial charge on any atom is 0.241 e. The molecule has 1 saturated heterocycles. The highest BCUT2D eigenvalue weighted by Crippen LogP contribution is 2.24. The number of benzene rings is 1. The minimum absolute atomic E-state index is 0.0838. The summed E-state index contributed by atoms with van der Waals surface area (Å²) in [5, 5.41) is 5.96. The smallest absolute Gasteiger partial charge is 0.241 e. The zero-order valence-corrected chi connectivity index (χ0v) is 11.8. The highest BCUT2D eigenvalue weighted by atomic mass is 79.9. The molecule has 0 aliphatic carbocycles. The van der Waals surface area contributed by atoms with Gasteiger partial charge in [0.05, 0.1) is 10.5 Å². The van der Waals surface area contributed by atoms with Crippen molar-refractivity contribution in [1.29, 1.82) is 0 Å². The van der Waals surface area contributed by atoms with Crippen molar-refractivity contribution >= 4 is 27.5 Å². The summed E-state index contributed by atoms with van der Waals surface area (Å²) in [4.78, 5) is 12.0. The fourth-order valence-electron chi connectivity index (χ4n) is 2.08. The second-order valence-electron chi connectivity index (χ2n) is 4.57. The van der Waals surface area contributed by atoms with Crippen LogP contribution >= 0.6 is 15.9 Å². The Kier molecular flexibility index (Phi) is 4.35. The monoisotopic (exact) mass is 314 g/mol. The molecule has 1 aromatic carbocycles. The van der Waals surface area contributed by atoms with Gasteiger partial charge in [-0.25, -0.2) is 4.39 Å². The number of aryl methyl sites for hydroxylation is 1. The summed E-state index contributed by atoms with van der Waals surface area (Å²) >= 11 is 3.12. The minimum Gasteiger partial charge on any atom is -0.324 e. The maximum atomic E-state index is 13.4. The number of anilines is 1. The van der Waals surface area contributed by atoms with Gasteiger partial charge < -0.3 is 10.6 Å². The van der Waals surface area contributed by atoms with Crippen molar-refractivity contribution in [2.24, 2.45) is 0 Å². The van der Waals surface area contributed by atoms with E-state index in [1.807, 2.05) is 6.92 Å². The van der Waals surface area contributed by atoms with E-state index in [2.05, 4.69) is 26.6 Å². The predicted octanol–water partition coefficient (Wildman–Crippen LogP) is 2.98. The molecule has 1 aliphatic heterocycles. The standard InChI is InChI=1S/C13H16BrFN2O/c1-8-6-9(14)10(15)7-12(8)17-13(18)11-4-2-3-5-16-11/h6-7,11,16H,2-5H2,1H3,(H,17,18)/t11-/m0/s1. The number of amides is 1. The van der Waals surface area contributed by atoms with E-state index >= 15 is 0 Å². The zero-order chi connectivity index (χ0) is 13.1. The van der Waals surface area contributed by atoms with E-state index in [1.165, 1.54) is 6.07 Å². The molecule has 0 bridgehead atoms. The number of hydrogen-bond donors (Lipinski definition) is 2. The molecule has 1 aliphatic rings. The van der Waals surface area contributed by atoms with Gasteiger partial charge in [-0.15, -0.1) is 0 Å². The topological polar surface area (TPSA) is 41.1 Å². The van der Waals surface area contributed by atoms with Crippen LogP contribution in [0, 0.1) is 12.7 Å². The van der Waals surface area contributed by atoms with Crippen LogP contribution in [-0.2, 0) is 4.79 Å². The van der Waals surface area contributed by atoms with Crippen LogP contribution in [0.25, 0.3) is 0 Å². The highest BCUT2D eigenvalue weighted by Gasteiger charge is 2.21. The third-order valence-electron chi connectivity index (χ3n) is 3.15. The molecule has 0 unspecified atom stereocenters. The largest absolute Gasteiger partial charge is 0.324 e. The van der Waals surface area contributed by atoms with Crippen LogP contribution in [0.5, 0.6) is 0 Å². The number of rotatable bonds is 2. The lowest BCUT2D eigenvalue weighted by atomic mass is 10.0. The summed E-state index contributed by atoms with van der Waals surface area (Å²) in [6.45, 7) is 2.71. The second-order valence-corrected chi connectivity index (χ2v) is 5.43. The van der Waals surface area contributed by atoms with Gasteiger partial charge in [-0.3, -0.25) is 4.79 Å². The molecule has 1 heterocycles. The average Bonchev–Trinajstić information content (AvgIpc) is 2.37. The van der Waals surface area contributed by atoms with E-state index in [0.29, 0.717) is 10.2 Å². The van der Waals surface area contributed by atoms with E-state index in [1.54, 1.807) is 6.07 Å². The Morgan fingerprint density at radius 1 is 1.50 bits per heavy atom. The number of halogens is 2. The molecule has 0 saturated carbocycles. The van der Waals surface area contributed by atoms with Crippen molar-refractivity contribution in [2.75, 3.05) is 11.9 Å². The third kappa shape index (κ3) is 3.09. The first kappa shape index (κ1) is 13.5. The number of piperidine rings is 1. The number of hydrogen-bond acceptors (Lipinski definition) is 2. The van der Waals surface area contributed by atoms with Crippen LogP contribution in [0.4, 0.5) is 10.1 Å². The van der Waals surface area contributed by atoms with Gasteiger partial charge >= 0.3 is 0 Å². The SMILES string of the molecule is Cc1cc(Br)c(F)cc1NC(=O)[C@@H]1CCCCN1. The second kappa shape index (κ2) is 5.80. The Labute approximate surface area is 114 Å². The van der Waals surface area contributed by atoms with Crippen LogP contribution in [0.1, 0.15) is 24.8 Å². The van der Waals surface area contributed by atoms with E-state index in [0.717, 1.165) is 31.4 Å². The van der Waals surface area contributed by atoms with Gasteiger partial charge in [0.25, 0.3) is 0 Å². The van der Waals surface area contributed by atoms with Crippen molar-refractivity contribution in [1.82, 2.24) is 5.32 Å². The van der Waals surface area contributed by atoms with Gasteiger partial charge in [0.1, 0.15) is 5.82 Å². The van der Waals surface area contributed by atoms with Gasteiger partial charge in [0.15, 0.2) is 0 Å². The Morgan fingerprint density at radius 3 is 2.94 bits per heavy atom. The first-order valence-corrected chi connectivity index (χ1v) is 6.87. The molecule has 98 valence electrons. The van der Waals surface area contributed by atoms with Gasteiger partial charge in [0, 0.05) is 5.69 Å². The Balaban J connectivity index is 2.08. The molecule has 1 atom stereocenters. The van der Waals surface area contributed by atoms with Crippen molar-refractivity contribution in [2.45, 2.75) is 32.2 Å². The molecule has 0 radical (unpaired) electrons. The number of carbonyl (C=O) groups is 1. The fraction of sp³-hybridized carbons (Fsp3) is 0.462. The molecular formula is C13H16BrFN2O. The summed E-state index contributed by atoms with van der Waals surface area (Å²) < 4.78 is 13.8. The van der Waals surface area contributed by atoms with Gasteiger partial charge in [-0.05, 0) is 59.9 Å². The lowest BCUT2D eigenvalue weighted by Crippen LogP contribution is -2.43. The molecule has 1 amide bonds. The fourth-order valence-corrected chi connectivity index (χ4v) is 2.53. The number of carbonyl (C=O) groups excluding carboxylic acids is 1. The summed E-state index contributed by atoms with van der Waals surface area (Å²) in [6.07, 6.45) is 3.00. The molecule has 5 heteroatoms. The number of nitrogens with one attached hydrogen (secondary N) is 2. The van der Waals surface area contributed by atoms with E-state index < -0.39 is 0 Å². The first-order chi connectivity index (χ1) is 8.58. The molecule has 0 spiro atoms. The molecule has 3 nitrogen and oxygen atoms in total. The molecule has 1 aromatic rings. The van der Waals surface area contributed by atoms with Crippen LogP contribution in [-0.4, -0.2) is 18.5 Å². The summed E-state index contributed by atoms with van der Waals surface area (Å²) in [5.41, 5.74) is 1.38. The zero-order valence-electron chi connectivity index (χ0n) is 10.2. The molecule has 2 rings (SSSR count). The van der Waals surface area contributed by atoms with Crippen LogP contribution in [0.2, 0.25) is 0 Å². The molecule has 1 fully saturated rings. The lowest BCUT2D eigenvalue weighted by molar-refractivity contribution is -0.118. The van der Waals surface area contributed by atoms with E-state index in [-0.39, 0.29) is 17.8 Å². The van der Waals surface area contributed by atoms with Crippen molar-refractivity contribution < 1.29 is 9.18 Å². The average molecular weight is 315 g/mol. The van der Waals surface area contributed by atoms with E-state index in [9.17, 15) is 9.18 Å². The predicted molar refractivity (Wildman–Crippen MR) is 73.1 cm³/mol. The van der Waals surface area contributed by atoms with Crippen LogP contribution < -0.4 is 10.6 Å². The molecular weight excluding hydrogens is 299 g/mol.